The van der Waals surface area contributed by atoms with Gasteiger partial charge in [0, 0.05) is 27.3 Å². The standard InChI is InChI=1S/C34H29BN2O2/c1-33(2)34(3,4)39-35(38-33)25-18-14-23(15-19-25)32-30-27(26-12-8-9-13-29(26)37-32)20-16-24-17-21-28(36-31(24)30)22-10-6-5-7-11-22/h5-21H,1-4H3. The molecule has 0 N–H and O–H groups in total. The molecule has 0 spiro atoms. The Balaban J connectivity index is 1.43. The highest BCUT2D eigenvalue weighted by Gasteiger charge is 2.51. The van der Waals surface area contributed by atoms with Gasteiger partial charge in [0.2, 0.25) is 0 Å². The Morgan fingerprint density at radius 2 is 1.26 bits per heavy atom. The van der Waals surface area contributed by atoms with Crippen molar-refractivity contribution in [3.05, 3.63) is 103 Å². The summed E-state index contributed by atoms with van der Waals surface area (Å²) in [5.74, 6) is 0. The Bertz CT molecular complexity index is 1850. The lowest BCUT2D eigenvalue weighted by molar-refractivity contribution is 0.00578. The van der Waals surface area contributed by atoms with E-state index in [9.17, 15) is 0 Å². The van der Waals surface area contributed by atoms with Crippen LogP contribution in [-0.4, -0.2) is 28.3 Å². The van der Waals surface area contributed by atoms with Gasteiger partial charge in [0.05, 0.1) is 33.6 Å². The zero-order valence-electron chi connectivity index (χ0n) is 22.6. The van der Waals surface area contributed by atoms with E-state index in [2.05, 4.69) is 107 Å². The van der Waals surface area contributed by atoms with Crippen LogP contribution in [-0.2, 0) is 9.31 Å². The maximum Gasteiger partial charge on any atom is 0.494 e. The Morgan fingerprint density at radius 1 is 0.590 bits per heavy atom. The predicted octanol–water partition coefficient (Wildman–Crippen LogP) is 7.57. The molecule has 5 heteroatoms. The van der Waals surface area contributed by atoms with Gasteiger partial charge in [-0.25, -0.2) is 9.97 Å². The summed E-state index contributed by atoms with van der Waals surface area (Å²) in [4.78, 5) is 10.4. The first kappa shape index (κ1) is 24.0. The molecule has 190 valence electrons. The number of benzene rings is 4. The van der Waals surface area contributed by atoms with Gasteiger partial charge in [0.25, 0.3) is 0 Å². The van der Waals surface area contributed by atoms with E-state index >= 15 is 0 Å². The number of fused-ring (bicyclic) bond motifs is 5. The van der Waals surface area contributed by atoms with Crippen molar-refractivity contribution >= 4 is 45.2 Å². The Hall–Kier alpha value is -4.06. The van der Waals surface area contributed by atoms with Crippen LogP contribution in [0.1, 0.15) is 27.7 Å². The molecule has 0 aliphatic carbocycles. The molecule has 1 aliphatic heterocycles. The molecule has 0 unspecified atom stereocenters. The van der Waals surface area contributed by atoms with E-state index in [1.165, 1.54) is 0 Å². The average Bonchev–Trinajstić information content (AvgIpc) is 3.18. The van der Waals surface area contributed by atoms with E-state index in [0.29, 0.717) is 0 Å². The van der Waals surface area contributed by atoms with Crippen LogP contribution < -0.4 is 5.46 Å². The molecule has 7 rings (SSSR count). The van der Waals surface area contributed by atoms with E-state index in [-0.39, 0.29) is 11.2 Å². The van der Waals surface area contributed by atoms with Crippen LogP contribution in [0.2, 0.25) is 0 Å². The van der Waals surface area contributed by atoms with Crippen molar-refractivity contribution in [1.82, 2.24) is 9.97 Å². The molecule has 0 saturated carbocycles. The number of pyridine rings is 2. The third-order valence-electron chi connectivity index (χ3n) is 8.30. The number of hydrogen-bond acceptors (Lipinski definition) is 4. The van der Waals surface area contributed by atoms with Crippen LogP contribution in [0.15, 0.2) is 103 Å². The van der Waals surface area contributed by atoms with Crippen LogP contribution in [0.25, 0.3) is 55.1 Å². The molecule has 1 aliphatic rings. The smallest absolute Gasteiger partial charge is 0.399 e. The second-order valence-corrected chi connectivity index (χ2v) is 11.3. The van der Waals surface area contributed by atoms with Crippen molar-refractivity contribution in [3.63, 3.8) is 0 Å². The first-order valence-corrected chi connectivity index (χ1v) is 13.4. The quantitative estimate of drug-likeness (QED) is 0.183. The zero-order chi connectivity index (χ0) is 26.8. The lowest BCUT2D eigenvalue weighted by Gasteiger charge is -2.32. The van der Waals surface area contributed by atoms with E-state index < -0.39 is 7.12 Å². The normalized spacial score (nSPS) is 16.4. The van der Waals surface area contributed by atoms with E-state index in [1.54, 1.807) is 0 Å². The van der Waals surface area contributed by atoms with Crippen molar-refractivity contribution in [2.45, 2.75) is 38.9 Å². The molecule has 0 atom stereocenters. The van der Waals surface area contributed by atoms with Gasteiger partial charge in [0.1, 0.15) is 0 Å². The summed E-state index contributed by atoms with van der Waals surface area (Å²) in [7, 11) is -0.402. The van der Waals surface area contributed by atoms with Crippen molar-refractivity contribution in [2.75, 3.05) is 0 Å². The fourth-order valence-corrected chi connectivity index (χ4v) is 5.38. The Morgan fingerprint density at radius 3 is 2.00 bits per heavy atom. The molecule has 1 fully saturated rings. The molecule has 6 aromatic rings. The molecule has 4 aromatic carbocycles. The molecule has 1 saturated heterocycles. The topological polar surface area (TPSA) is 44.2 Å². The maximum atomic E-state index is 6.29. The molecule has 39 heavy (non-hydrogen) atoms. The van der Waals surface area contributed by atoms with Crippen LogP contribution in [0, 0.1) is 0 Å². The highest BCUT2D eigenvalue weighted by Crippen LogP contribution is 2.39. The third-order valence-corrected chi connectivity index (χ3v) is 8.30. The summed E-state index contributed by atoms with van der Waals surface area (Å²) in [6.45, 7) is 8.31. The van der Waals surface area contributed by atoms with Crippen molar-refractivity contribution < 1.29 is 9.31 Å². The van der Waals surface area contributed by atoms with Crippen LogP contribution >= 0.6 is 0 Å². The van der Waals surface area contributed by atoms with Crippen molar-refractivity contribution in [3.8, 4) is 22.5 Å². The minimum absolute atomic E-state index is 0.381. The monoisotopic (exact) mass is 508 g/mol. The lowest BCUT2D eigenvalue weighted by atomic mass is 9.78. The number of hydrogen-bond donors (Lipinski definition) is 0. The Labute approximate surface area is 228 Å². The summed E-state index contributed by atoms with van der Waals surface area (Å²) >= 11 is 0. The van der Waals surface area contributed by atoms with E-state index in [0.717, 1.165) is 60.6 Å². The molecular formula is C34H29BN2O2. The molecule has 2 aromatic heterocycles. The second kappa shape index (κ2) is 8.73. The van der Waals surface area contributed by atoms with Crippen LogP contribution in [0.4, 0.5) is 0 Å². The largest absolute Gasteiger partial charge is 0.494 e. The van der Waals surface area contributed by atoms with Crippen molar-refractivity contribution in [1.29, 1.82) is 0 Å². The van der Waals surface area contributed by atoms with Gasteiger partial charge >= 0.3 is 7.12 Å². The van der Waals surface area contributed by atoms with Gasteiger partial charge in [-0.1, -0.05) is 91.0 Å². The van der Waals surface area contributed by atoms with Gasteiger partial charge in [-0.3, -0.25) is 0 Å². The zero-order valence-corrected chi connectivity index (χ0v) is 22.6. The summed E-state index contributed by atoms with van der Waals surface area (Å²) in [6.07, 6.45) is 0. The molecule has 0 bridgehead atoms. The second-order valence-electron chi connectivity index (χ2n) is 11.3. The predicted molar refractivity (Wildman–Crippen MR) is 161 cm³/mol. The Kier molecular flexibility index (Phi) is 5.38. The first-order valence-electron chi connectivity index (χ1n) is 13.4. The summed E-state index contributed by atoms with van der Waals surface area (Å²) in [5.41, 5.74) is 6.16. The van der Waals surface area contributed by atoms with Crippen molar-refractivity contribution in [2.24, 2.45) is 0 Å². The van der Waals surface area contributed by atoms with E-state index in [1.807, 2.05) is 24.3 Å². The average molecular weight is 508 g/mol. The number of rotatable bonds is 3. The SMILES string of the molecule is CC1(C)OB(c2ccc(-c3nc4ccccc4c4ccc5ccc(-c6ccccc6)nc5c34)cc2)OC1(C)C. The molecule has 0 radical (unpaired) electrons. The molecular weight excluding hydrogens is 479 g/mol. The summed E-state index contributed by atoms with van der Waals surface area (Å²) < 4.78 is 12.6. The minimum Gasteiger partial charge on any atom is -0.399 e. The number of nitrogens with zero attached hydrogens (tertiary/aromatic N) is 2. The number of aromatic nitrogens is 2. The summed E-state index contributed by atoms with van der Waals surface area (Å²) in [6, 6.07) is 35.7. The minimum atomic E-state index is -0.402. The van der Waals surface area contributed by atoms with Crippen LogP contribution in [0.3, 0.4) is 0 Å². The van der Waals surface area contributed by atoms with Gasteiger partial charge in [-0.05, 0) is 50.7 Å². The fourth-order valence-electron chi connectivity index (χ4n) is 5.38. The maximum absolute atomic E-state index is 6.29. The van der Waals surface area contributed by atoms with Gasteiger partial charge < -0.3 is 9.31 Å². The highest BCUT2D eigenvalue weighted by atomic mass is 16.7. The molecule has 3 heterocycles. The lowest BCUT2D eigenvalue weighted by Crippen LogP contribution is -2.41. The fraction of sp³-hybridized carbons (Fsp3) is 0.176. The first-order chi connectivity index (χ1) is 18.8. The van der Waals surface area contributed by atoms with Gasteiger partial charge in [-0.2, -0.15) is 0 Å². The van der Waals surface area contributed by atoms with E-state index in [4.69, 9.17) is 19.3 Å². The van der Waals surface area contributed by atoms with Crippen LogP contribution in [0.5, 0.6) is 0 Å². The molecule has 0 amide bonds. The van der Waals surface area contributed by atoms with Gasteiger partial charge in [0.15, 0.2) is 0 Å². The summed E-state index contributed by atoms with van der Waals surface area (Å²) in [5, 5.41) is 4.43. The molecule has 4 nitrogen and oxygen atoms in total. The highest BCUT2D eigenvalue weighted by molar-refractivity contribution is 6.62. The number of para-hydroxylation sites is 1. The van der Waals surface area contributed by atoms with Gasteiger partial charge in [-0.15, -0.1) is 0 Å². The third kappa shape index (κ3) is 3.92.